The van der Waals surface area contributed by atoms with E-state index in [1.165, 1.54) is 44.3 Å². The van der Waals surface area contributed by atoms with Crippen LogP contribution in [0.3, 0.4) is 0 Å². The predicted molar refractivity (Wildman–Crippen MR) is 296 cm³/mol. The van der Waals surface area contributed by atoms with Gasteiger partial charge in [0, 0.05) is 10.9 Å². The van der Waals surface area contributed by atoms with E-state index in [2.05, 4.69) is 181 Å². The lowest BCUT2D eigenvalue weighted by Crippen LogP contribution is -2.11. The number of ether oxygens (including phenoxy) is 5. The molecule has 0 saturated heterocycles. The first-order valence-corrected chi connectivity index (χ1v) is 28.8. The van der Waals surface area contributed by atoms with Gasteiger partial charge in [-0.25, -0.2) is 0 Å². The molecule has 0 spiro atoms. The zero-order chi connectivity index (χ0) is 49.8. The van der Waals surface area contributed by atoms with Crippen molar-refractivity contribution in [3.05, 3.63) is 81.6 Å². The fourth-order valence-electron chi connectivity index (χ4n) is 6.17. The van der Waals surface area contributed by atoms with E-state index in [1.807, 2.05) is 6.92 Å². The topological polar surface area (TPSA) is 46.2 Å². The normalized spacial score (nSPS) is 12.8. The highest BCUT2D eigenvalue weighted by Gasteiger charge is 2.26. The minimum atomic E-state index is 0.197. The third-order valence-electron chi connectivity index (χ3n) is 9.83. The van der Waals surface area contributed by atoms with Gasteiger partial charge in [0.2, 0.25) is 0 Å². The van der Waals surface area contributed by atoms with Crippen LogP contribution in [-0.4, -0.2) is 33.0 Å². The second-order valence-corrected chi connectivity index (χ2v) is 26.3. The van der Waals surface area contributed by atoms with Gasteiger partial charge in [-0.2, -0.15) is 0 Å². The number of hydrogen-bond acceptors (Lipinski definition) is 10. The van der Waals surface area contributed by atoms with Crippen LogP contribution in [0.4, 0.5) is 0 Å². The van der Waals surface area contributed by atoms with E-state index in [9.17, 15) is 0 Å². The van der Waals surface area contributed by atoms with Gasteiger partial charge in [-0.05, 0) is 123 Å². The van der Waals surface area contributed by atoms with Gasteiger partial charge in [0.1, 0.15) is 28.7 Å². The summed E-state index contributed by atoms with van der Waals surface area (Å²) < 4.78 is 28.4. The minimum Gasteiger partial charge on any atom is -0.493 e. The van der Waals surface area contributed by atoms with Crippen LogP contribution < -0.4 is 23.7 Å². The van der Waals surface area contributed by atoms with Crippen molar-refractivity contribution in [2.75, 3.05) is 33.0 Å². The van der Waals surface area contributed by atoms with Gasteiger partial charge in [0.25, 0.3) is 0 Å². The maximum Gasteiger partial charge on any atom is 0.133 e. The molecule has 5 nitrogen and oxygen atoms in total. The number of rotatable bonds is 15. The van der Waals surface area contributed by atoms with Gasteiger partial charge >= 0.3 is 0 Å². The minimum absolute atomic E-state index is 0.197. The average Bonchev–Trinajstić information content (AvgIpc) is 3.87. The van der Waals surface area contributed by atoms with Crippen LogP contribution in [0, 0.1) is 5.92 Å². The fourth-order valence-corrected chi connectivity index (χ4v) is 10.9. The molecule has 0 radical (unpaired) electrons. The molecule has 1 fully saturated rings. The zero-order valence-corrected chi connectivity index (χ0v) is 48.8. The summed E-state index contributed by atoms with van der Waals surface area (Å²) in [5.74, 6) is 6.21. The highest BCUT2D eigenvalue weighted by atomic mass is 32.1. The molecule has 1 aliphatic carbocycles. The van der Waals surface area contributed by atoms with Crippen LogP contribution in [0.25, 0.3) is 0 Å². The maximum absolute atomic E-state index is 5.84. The van der Waals surface area contributed by atoms with Crippen molar-refractivity contribution in [3.8, 4) is 28.7 Å². The first kappa shape index (κ1) is 59.6. The van der Waals surface area contributed by atoms with Crippen LogP contribution in [0.1, 0.15) is 195 Å². The molecule has 374 valence electrons. The molecule has 5 aromatic rings. The Morgan fingerprint density at radius 3 is 1.12 bits per heavy atom. The van der Waals surface area contributed by atoms with Crippen LogP contribution in [0.15, 0.2) is 56.5 Å². The summed E-state index contributed by atoms with van der Waals surface area (Å²) in [6.45, 7) is 45.9. The van der Waals surface area contributed by atoms with Crippen LogP contribution in [0.5, 0.6) is 28.7 Å². The molecular formula is C56H90O5S5. The first-order chi connectivity index (χ1) is 30.8. The Labute approximate surface area is 424 Å². The largest absolute Gasteiger partial charge is 0.493 e. The standard InChI is InChI=1S/C12H18OS.C12H20OS.2C11H18OS.C10H16OS/c1-12(2,3)11-10(6-7-14-11)13-8-9-4-5-9;1-5-6-8-13-10-7-9-14-11(10)12(2,3)4;1-5-7-12-9-6-8-13-10(9)11(2,3)4;1-5-6-12-10-8-13-7-9(10)11(2,3)4;1-5-11-8-6-7-12-9(8)10(2,3)4/h6-7,9H,4-5,8H2,1-3H3;7,9H,5-6,8H2,1-4H3;6,8H,5,7H2,1-4H3;7-8H,5-6H2,1-4H3;6-7H,5H2,1-4H3. The van der Waals surface area contributed by atoms with Crippen molar-refractivity contribution >= 4 is 56.7 Å². The SMILES string of the molecule is CC(C)(C)c1sccc1OCC1CC1.CCCCOc1ccsc1C(C)(C)C.CCCOc1ccsc1C(C)(C)C.CCCOc1cscc1C(C)(C)C.CCOc1ccsc1C(C)(C)C. The van der Waals surface area contributed by atoms with E-state index in [0.29, 0.717) is 0 Å². The summed E-state index contributed by atoms with van der Waals surface area (Å²) in [4.78, 5) is 5.41. The lowest BCUT2D eigenvalue weighted by Gasteiger charge is -2.19. The molecule has 66 heavy (non-hydrogen) atoms. The van der Waals surface area contributed by atoms with Gasteiger partial charge < -0.3 is 23.7 Å². The predicted octanol–water partition coefficient (Wildman–Crippen LogP) is 19.2. The van der Waals surface area contributed by atoms with E-state index >= 15 is 0 Å². The summed E-state index contributed by atoms with van der Waals surface area (Å²) in [5, 5.41) is 12.7. The first-order valence-electron chi connectivity index (χ1n) is 24.3. The third-order valence-corrected chi connectivity index (χ3v) is 15.8. The van der Waals surface area contributed by atoms with Gasteiger partial charge in [-0.15, -0.1) is 56.7 Å². The number of unbranched alkanes of at least 4 members (excludes halogenated alkanes) is 1. The van der Waals surface area contributed by atoms with Gasteiger partial charge in [0.05, 0.1) is 52.5 Å². The Balaban J connectivity index is 0.000000284. The van der Waals surface area contributed by atoms with Gasteiger partial charge in [0.15, 0.2) is 0 Å². The van der Waals surface area contributed by atoms with E-state index in [1.54, 1.807) is 56.7 Å². The van der Waals surface area contributed by atoms with Crippen LogP contribution in [-0.2, 0) is 27.1 Å². The zero-order valence-electron chi connectivity index (χ0n) is 44.7. The lowest BCUT2D eigenvalue weighted by atomic mass is 9.89. The molecule has 5 heterocycles. The van der Waals surface area contributed by atoms with Gasteiger partial charge in [-0.3, -0.25) is 0 Å². The Hall–Kier alpha value is -2.50. The van der Waals surface area contributed by atoms with Gasteiger partial charge in [-0.1, -0.05) is 131 Å². The fraction of sp³-hybridized carbons (Fsp3) is 0.643. The molecule has 0 unspecified atom stereocenters. The van der Waals surface area contributed by atoms with E-state index in [4.69, 9.17) is 23.7 Å². The van der Waals surface area contributed by atoms with Crippen LogP contribution >= 0.6 is 56.7 Å². The summed E-state index contributed by atoms with van der Waals surface area (Å²) in [6, 6.07) is 8.31. The van der Waals surface area contributed by atoms with Crippen molar-refractivity contribution in [2.45, 2.75) is 197 Å². The third kappa shape index (κ3) is 21.9. The summed E-state index contributed by atoms with van der Waals surface area (Å²) in [6.07, 6.45) is 7.18. The molecule has 0 amide bonds. The second kappa shape index (κ2) is 28.2. The highest BCUT2D eigenvalue weighted by Crippen LogP contribution is 2.40. The van der Waals surface area contributed by atoms with E-state index in [0.717, 1.165) is 87.0 Å². The smallest absolute Gasteiger partial charge is 0.133 e. The maximum atomic E-state index is 5.84. The van der Waals surface area contributed by atoms with Crippen molar-refractivity contribution in [2.24, 2.45) is 5.92 Å². The Morgan fingerprint density at radius 1 is 0.424 bits per heavy atom. The monoisotopic (exact) mass is 1000 g/mol. The molecule has 0 atom stereocenters. The molecular weight excluding hydrogens is 913 g/mol. The van der Waals surface area contributed by atoms with Crippen molar-refractivity contribution < 1.29 is 23.7 Å². The molecule has 0 N–H and O–H groups in total. The summed E-state index contributed by atoms with van der Waals surface area (Å²) in [5.41, 5.74) is 2.35. The van der Waals surface area contributed by atoms with E-state index in [-0.39, 0.29) is 27.1 Å². The molecule has 1 saturated carbocycles. The quantitative estimate of drug-likeness (QED) is 0.0978. The number of hydrogen-bond donors (Lipinski definition) is 0. The Kier molecular flexibility index (Phi) is 25.5. The number of thiophene rings is 5. The van der Waals surface area contributed by atoms with Crippen molar-refractivity contribution in [1.82, 2.24) is 0 Å². The molecule has 5 aromatic heterocycles. The Bertz CT molecular complexity index is 1950. The van der Waals surface area contributed by atoms with E-state index < -0.39 is 0 Å². The molecule has 1 aliphatic rings. The summed E-state index contributed by atoms with van der Waals surface area (Å²) in [7, 11) is 0. The van der Waals surface area contributed by atoms with Crippen molar-refractivity contribution in [1.29, 1.82) is 0 Å². The Morgan fingerprint density at radius 2 is 0.788 bits per heavy atom. The van der Waals surface area contributed by atoms with Crippen LogP contribution in [0.2, 0.25) is 0 Å². The molecule has 0 aromatic carbocycles. The highest BCUT2D eigenvalue weighted by molar-refractivity contribution is 7.11. The van der Waals surface area contributed by atoms with Crippen molar-refractivity contribution in [3.63, 3.8) is 0 Å². The average molecular weight is 1000 g/mol. The molecule has 10 heteroatoms. The lowest BCUT2D eigenvalue weighted by molar-refractivity contribution is 0.294. The second-order valence-electron chi connectivity index (χ2n) is 21.9. The summed E-state index contributed by atoms with van der Waals surface area (Å²) >= 11 is 8.86. The molecule has 0 bridgehead atoms. The molecule has 6 rings (SSSR count). The molecule has 0 aliphatic heterocycles.